The molecule has 0 N–H and O–H groups in total. The number of hydrogen-bond acceptors (Lipinski definition) is 1. The molecule has 1 nitrogen and oxygen atoms in total. The minimum atomic E-state index is 1.07. The molecule has 25 heavy (non-hydrogen) atoms. The van der Waals surface area contributed by atoms with E-state index >= 15 is 0 Å². The average molecular weight is 332 g/mol. The summed E-state index contributed by atoms with van der Waals surface area (Å²) in [5.74, 6) is 0. The van der Waals surface area contributed by atoms with Crippen molar-refractivity contribution in [1.29, 1.82) is 0 Å². The second-order valence-corrected chi connectivity index (χ2v) is 5.60. The normalized spacial score (nSPS) is 9.80. The van der Waals surface area contributed by atoms with E-state index in [0.29, 0.717) is 0 Å². The highest BCUT2D eigenvalue weighted by atomic mass is 14.7. The Morgan fingerprint density at radius 3 is 2.28 bits per heavy atom. The molecule has 0 fully saturated rings. The SMILES string of the molecule is C=C/C=C\c1ccc(C)cc1C.CC.Cc1ccc2ccccc2n1. The molecule has 2 aromatic carbocycles. The molecule has 0 aliphatic rings. The lowest BCUT2D eigenvalue weighted by atomic mass is 10.1. The summed E-state index contributed by atoms with van der Waals surface area (Å²) in [5, 5.41) is 1.21. The summed E-state index contributed by atoms with van der Waals surface area (Å²) in [6.45, 7) is 13.9. The quantitative estimate of drug-likeness (QED) is 0.457. The van der Waals surface area contributed by atoms with E-state index in [4.69, 9.17) is 0 Å². The van der Waals surface area contributed by atoms with Crippen molar-refractivity contribution in [3.8, 4) is 0 Å². The molecule has 3 rings (SSSR count). The number of hydrogen-bond donors (Lipinski definition) is 0. The van der Waals surface area contributed by atoms with Gasteiger partial charge < -0.3 is 0 Å². The predicted octanol–water partition coefficient (Wildman–Crippen LogP) is 7.07. The predicted molar refractivity (Wildman–Crippen MR) is 113 cm³/mol. The lowest BCUT2D eigenvalue weighted by molar-refractivity contribution is 1.26. The van der Waals surface area contributed by atoms with Gasteiger partial charge >= 0.3 is 0 Å². The van der Waals surface area contributed by atoms with Crippen LogP contribution >= 0.6 is 0 Å². The molecular formula is C24H29N. The Bertz CT molecular complexity index is 828. The van der Waals surface area contributed by atoms with Gasteiger partial charge in [-0.05, 0) is 44.0 Å². The number of benzene rings is 2. The Morgan fingerprint density at radius 2 is 1.60 bits per heavy atom. The average Bonchev–Trinajstić information content (AvgIpc) is 2.63. The number of aryl methyl sites for hydroxylation is 3. The summed E-state index contributed by atoms with van der Waals surface area (Å²) in [6, 6.07) is 18.7. The number of pyridine rings is 1. The van der Waals surface area contributed by atoms with E-state index in [-0.39, 0.29) is 0 Å². The smallest absolute Gasteiger partial charge is 0.0705 e. The fourth-order valence-corrected chi connectivity index (χ4v) is 2.35. The summed E-state index contributed by atoms with van der Waals surface area (Å²) in [6.07, 6.45) is 5.82. The topological polar surface area (TPSA) is 12.9 Å². The number of para-hydroxylation sites is 1. The van der Waals surface area contributed by atoms with Crippen molar-refractivity contribution < 1.29 is 0 Å². The molecule has 0 spiro atoms. The van der Waals surface area contributed by atoms with Crippen LogP contribution in [0.4, 0.5) is 0 Å². The number of aromatic nitrogens is 1. The van der Waals surface area contributed by atoms with Gasteiger partial charge in [0, 0.05) is 11.1 Å². The molecule has 0 unspecified atom stereocenters. The minimum absolute atomic E-state index is 1.07. The minimum Gasteiger partial charge on any atom is -0.253 e. The maximum atomic E-state index is 4.38. The van der Waals surface area contributed by atoms with Crippen LogP contribution in [0.15, 0.2) is 73.3 Å². The van der Waals surface area contributed by atoms with Gasteiger partial charge in [0.05, 0.1) is 5.52 Å². The van der Waals surface area contributed by atoms with E-state index in [1.54, 1.807) is 6.08 Å². The third-order valence-electron chi connectivity index (χ3n) is 3.57. The molecule has 1 heteroatoms. The lowest BCUT2D eigenvalue weighted by Crippen LogP contribution is -1.81. The van der Waals surface area contributed by atoms with Crippen LogP contribution in [0.2, 0.25) is 0 Å². The largest absolute Gasteiger partial charge is 0.253 e. The van der Waals surface area contributed by atoms with Crippen molar-refractivity contribution in [1.82, 2.24) is 4.98 Å². The van der Waals surface area contributed by atoms with Gasteiger partial charge in [0.25, 0.3) is 0 Å². The van der Waals surface area contributed by atoms with Crippen LogP contribution in [0, 0.1) is 20.8 Å². The van der Waals surface area contributed by atoms with E-state index in [1.807, 2.05) is 51.1 Å². The van der Waals surface area contributed by atoms with Crippen molar-refractivity contribution in [3.63, 3.8) is 0 Å². The van der Waals surface area contributed by atoms with Crippen molar-refractivity contribution in [2.45, 2.75) is 34.6 Å². The Hall–Kier alpha value is -2.67. The molecule has 0 radical (unpaired) electrons. The molecule has 0 saturated carbocycles. The summed E-state index contributed by atoms with van der Waals surface area (Å²) >= 11 is 0. The molecule has 0 aliphatic carbocycles. The molecular weight excluding hydrogens is 302 g/mol. The van der Waals surface area contributed by atoms with Gasteiger partial charge in [-0.25, -0.2) is 0 Å². The highest BCUT2D eigenvalue weighted by Gasteiger charge is 1.92. The monoisotopic (exact) mass is 331 g/mol. The van der Waals surface area contributed by atoms with Gasteiger partial charge in [0.15, 0.2) is 0 Å². The Morgan fingerprint density at radius 1 is 0.880 bits per heavy atom. The maximum absolute atomic E-state index is 4.38. The van der Waals surface area contributed by atoms with Crippen LogP contribution in [-0.4, -0.2) is 4.98 Å². The zero-order valence-electron chi connectivity index (χ0n) is 16.1. The third-order valence-corrected chi connectivity index (χ3v) is 3.57. The van der Waals surface area contributed by atoms with Crippen LogP contribution < -0.4 is 0 Å². The second-order valence-electron chi connectivity index (χ2n) is 5.60. The van der Waals surface area contributed by atoms with E-state index in [1.165, 1.54) is 22.1 Å². The van der Waals surface area contributed by atoms with Crippen LogP contribution in [-0.2, 0) is 0 Å². The summed E-state index contributed by atoms with van der Waals surface area (Å²) < 4.78 is 0. The zero-order valence-corrected chi connectivity index (χ0v) is 16.1. The van der Waals surface area contributed by atoms with Crippen LogP contribution in [0.25, 0.3) is 17.0 Å². The Labute approximate surface area is 152 Å². The number of allylic oxidation sites excluding steroid dienone is 2. The summed E-state index contributed by atoms with van der Waals surface area (Å²) in [7, 11) is 0. The van der Waals surface area contributed by atoms with Gasteiger partial charge in [-0.1, -0.05) is 86.7 Å². The lowest BCUT2D eigenvalue weighted by Gasteiger charge is -2.00. The molecule has 0 atom stereocenters. The van der Waals surface area contributed by atoms with Crippen LogP contribution in [0.3, 0.4) is 0 Å². The van der Waals surface area contributed by atoms with E-state index in [2.05, 4.69) is 61.8 Å². The molecule has 0 aliphatic heterocycles. The van der Waals surface area contributed by atoms with Crippen LogP contribution in [0.1, 0.15) is 36.2 Å². The van der Waals surface area contributed by atoms with Gasteiger partial charge in [0.1, 0.15) is 0 Å². The van der Waals surface area contributed by atoms with Gasteiger partial charge in [-0.3, -0.25) is 4.98 Å². The number of nitrogens with zero attached hydrogens (tertiary/aromatic N) is 1. The molecule has 0 saturated heterocycles. The molecule has 1 heterocycles. The Balaban J connectivity index is 0.000000228. The first kappa shape index (κ1) is 20.4. The fourth-order valence-electron chi connectivity index (χ4n) is 2.35. The molecule has 0 amide bonds. The maximum Gasteiger partial charge on any atom is 0.0705 e. The molecule has 1 aromatic heterocycles. The highest BCUT2D eigenvalue weighted by molar-refractivity contribution is 5.78. The van der Waals surface area contributed by atoms with Gasteiger partial charge in [0.2, 0.25) is 0 Å². The Kier molecular flexibility index (Phi) is 8.95. The van der Waals surface area contributed by atoms with E-state index < -0.39 is 0 Å². The number of fused-ring (bicyclic) bond motifs is 1. The first-order chi connectivity index (χ1) is 12.1. The van der Waals surface area contributed by atoms with Crippen molar-refractivity contribution in [2.24, 2.45) is 0 Å². The fraction of sp³-hybridized carbons (Fsp3) is 0.208. The van der Waals surface area contributed by atoms with Gasteiger partial charge in [-0.2, -0.15) is 0 Å². The van der Waals surface area contributed by atoms with Gasteiger partial charge in [-0.15, -0.1) is 0 Å². The van der Waals surface area contributed by atoms with Crippen molar-refractivity contribution in [2.75, 3.05) is 0 Å². The van der Waals surface area contributed by atoms with E-state index in [9.17, 15) is 0 Å². The van der Waals surface area contributed by atoms with Crippen LogP contribution in [0.5, 0.6) is 0 Å². The highest BCUT2D eigenvalue weighted by Crippen LogP contribution is 2.12. The first-order valence-corrected chi connectivity index (χ1v) is 8.79. The van der Waals surface area contributed by atoms with E-state index in [0.717, 1.165) is 11.2 Å². The first-order valence-electron chi connectivity index (χ1n) is 8.79. The van der Waals surface area contributed by atoms with Crippen molar-refractivity contribution in [3.05, 3.63) is 95.7 Å². The standard InChI is InChI=1S/C12H14.C10H9N.C2H6/c1-4-5-6-12-8-7-10(2)9-11(12)3;1-8-6-7-9-4-2-3-5-10(9)11-8;1-2/h4-9H,1H2,2-3H3;2-7H,1H3;1-2H3/b6-5-;;. The van der Waals surface area contributed by atoms with Crippen molar-refractivity contribution >= 4 is 17.0 Å². The number of rotatable bonds is 2. The molecule has 0 bridgehead atoms. The molecule has 3 aromatic rings. The summed E-state index contributed by atoms with van der Waals surface area (Å²) in [4.78, 5) is 4.38. The third kappa shape index (κ3) is 6.76. The molecule has 130 valence electrons. The summed E-state index contributed by atoms with van der Waals surface area (Å²) in [5.41, 5.74) is 6.04. The second kappa shape index (κ2) is 11.0. The zero-order chi connectivity index (χ0) is 18.7.